The number of rotatable bonds is 2. The number of hydrogen-bond donors (Lipinski definition) is 0. The van der Waals surface area contributed by atoms with Gasteiger partial charge in [-0.05, 0) is 47.9 Å². The molecule has 4 rings (SSSR count). The van der Waals surface area contributed by atoms with Crippen LogP contribution in [0.1, 0.15) is 10.3 Å². The number of benzene rings is 1. The van der Waals surface area contributed by atoms with Crippen molar-refractivity contribution in [3.63, 3.8) is 0 Å². The number of fused-ring (bicyclic) bond motifs is 1. The van der Waals surface area contributed by atoms with Crippen LogP contribution < -0.4 is 4.90 Å². The van der Waals surface area contributed by atoms with Gasteiger partial charge in [0.25, 0.3) is 5.91 Å². The Morgan fingerprint density at radius 3 is 2.68 bits per heavy atom. The monoisotopic (exact) mass is 350 g/mol. The highest BCUT2D eigenvalue weighted by molar-refractivity contribution is 8.00. The second-order valence-corrected chi connectivity index (χ2v) is 7.51. The average Bonchev–Trinajstić information content (AvgIpc) is 3.21. The van der Waals surface area contributed by atoms with Gasteiger partial charge in [0.15, 0.2) is 5.11 Å². The molecule has 0 N–H and O–H groups in total. The number of halogens is 1. The molecule has 2 atom stereocenters. The van der Waals surface area contributed by atoms with Crippen molar-refractivity contribution in [2.75, 3.05) is 10.7 Å². The van der Waals surface area contributed by atoms with Crippen LogP contribution in [0.15, 0.2) is 41.8 Å². The Morgan fingerprint density at radius 1 is 1.23 bits per heavy atom. The number of thiophene rings is 1. The lowest BCUT2D eigenvalue weighted by atomic mass is 10.2. The third kappa shape index (κ3) is 2.07. The van der Waals surface area contributed by atoms with Gasteiger partial charge < -0.3 is 4.90 Å². The van der Waals surface area contributed by atoms with Crippen LogP contribution in [0.5, 0.6) is 0 Å². The zero-order valence-electron chi connectivity index (χ0n) is 11.3. The van der Waals surface area contributed by atoms with Crippen molar-refractivity contribution in [3.8, 4) is 0 Å². The molecule has 3 nitrogen and oxygen atoms in total. The first kappa shape index (κ1) is 14.2. The molecule has 7 heteroatoms. The van der Waals surface area contributed by atoms with E-state index >= 15 is 0 Å². The van der Waals surface area contributed by atoms with Crippen LogP contribution in [0.2, 0.25) is 0 Å². The maximum Gasteiger partial charge on any atom is 0.257 e. The Hall–Kier alpha value is -1.44. The zero-order chi connectivity index (χ0) is 15.3. The van der Waals surface area contributed by atoms with Crippen molar-refractivity contribution in [1.82, 2.24) is 4.90 Å². The predicted molar refractivity (Wildman–Crippen MR) is 91.6 cm³/mol. The molecule has 2 fully saturated rings. The minimum Gasteiger partial charge on any atom is -0.319 e. The molecule has 0 radical (unpaired) electrons. The molecule has 112 valence electrons. The van der Waals surface area contributed by atoms with Crippen molar-refractivity contribution in [3.05, 3.63) is 52.5 Å². The van der Waals surface area contributed by atoms with E-state index in [4.69, 9.17) is 12.2 Å². The Labute approximate surface area is 140 Å². The van der Waals surface area contributed by atoms with Crippen LogP contribution in [-0.4, -0.2) is 27.7 Å². The van der Waals surface area contributed by atoms with Gasteiger partial charge in [-0.25, -0.2) is 4.39 Å². The van der Waals surface area contributed by atoms with Gasteiger partial charge in [-0.2, -0.15) is 0 Å². The highest BCUT2D eigenvalue weighted by Crippen LogP contribution is 2.47. The van der Waals surface area contributed by atoms with Gasteiger partial charge in [-0.3, -0.25) is 9.69 Å². The number of thioether (sulfide) groups is 1. The smallest absolute Gasteiger partial charge is 0.257 e. The van der Waals surface area contributed by atoms with Crippen LogP contribution in [0, 0.1) is 5.82 Å². The fourth-order valence-electron chi connectivity index (χ4n) is 2.77. The number of amides is 1. The van der Waals surface area contributed by atoms with E-state index in [-0.39, 0.29) is 23.1 Å². The standard InChI is InChI=1S/C15H11FN2OS3/c16-9-3-5-10(6-4-9)17-13(19)11-8-22-14(18(11)15(17)20)12-2-1-7-21-12/h1-7,11,14H,8H2/t11-,14-/m1/s1. The highest BCUT2D eigenvalue weighted by Gasteiger charge is 2.51. The highest BCUT2D eigenvalue weighted by atomic mass is 32.2. The molecular weight excluding hydrogens is 339 g/mol. The van der Waals surface area contributed by atoms with E-state index in [1.807, 2.05) is 16.3 Å². The lowest BCUT2D eigenvalue weighted by Crippen LogP contribution is -2.33. The molecule has 0 unspecified atom stereocenters. The van der Waals surface area contributed by atoms with Crippen molar-refractivity contribution in [2.24, 2.45) is 0 Å². The Bertz CT molecular complexity index is 732. The molecule has 0 bridgehead atoms. The topological polar surface area (TPSA) is 23.6 Å². The average molecular weight is 350 g/mol. The van der Waals surface area contributed by atoms with E-state index in [2.05, 4.69) is 6.07 Å². The SMILES string of the molecule is O=C1[C@H]2CS[C@H](c3cccs3)N2C(=S)N1c1ccc(F)cc1. The normalized spacial score (nSPS) is 24.2. The summed E-state index contributed by atoms with van der Waals surface area (Å²) in [6.45, 7) is 0. The van der Waals surface area contributed by atoms with Crippen LogP contribution in [0.3, 0.4) is 0 Å². The summed E-state index contributed by atoms with van der Waals surface area (Å²) in [4.78, 5) is 17.4. The molecule has 22 heavy (non-hydrogen) atoms. The van der Waals surface area contributed by atoms with Gasteiger partial charge in [0.05, 0.1) is 5.69 Å². The molecule has 0 aliphatic carbocycles. The molecule has 2 aromatic rings. The first-order valence-electron chi connectivity index (χ1n) is 6.73. The summed E-state index contributed by atoms with van der Waals surface area (Å²) in [5, 5.41) is 2.62. The van der Waals surface area contributed by atoms with E-state index in [0.717, 1.165) is 5.75 Å². The van der Waals surface area contributed by atoms with Crippen LogP contribution in [-0.2, 0) is 4.79 Å². The molecular formula is C15H11FN2OS3. The summed E-state index contributed by atoms with van der Waals surface area (Å²) >= 11 is 8.96. The summed E-state index contributed by atoms with van der Waals surface area (Å²) in [6, 6.07) is 9.73. The molecule has 1 aromatic carbocycles. The van der Waals surface area contributed by atoms with Gasteiger partial charge in [0.2, 0.25) is 0 Å². The fourth-order valence-corrected chi connectivity index (χ4v) is 5.65. The summed E-state index contributed by atoms with van der Waals surface area (Å²) in [6.07, 6.45) is 0. The molecule has 1 aromatic heterocycles. The van der Waals surface area contributed by atoms with Crippen molar-refractivity contribution in [2.45, 2.75) is 11.4 Å². The fraction of sp³-hybridized carbons (Fsp3) is 0.200. The number of carbonyl (C=O) groups excluding carboxylic acids is 1. The van der Waals surface area contributed by atoms with Gasteiger partial charge in [-0.1, -0.05) is 6.07 Å². The second kappa shape index (κ2) is 5.33. The third-order valence-electron chi connectivity index (χ3n) is 3.79. The number of anilines is 1. The van der Waals surface area contributed by atoms with E-state index in [0.29, 0.717) is 10.8 Å². The minimum atomic E-state index is -0.325. The largest absolute Gasteiger partial charge is 0.319 e. The predicted octanol–water partition coefficient (Wildman–Crippen LogP) is 3.63. The van der Waals surface area contributed by atoms with E-state index < -0.39 is 0 Å². The first-order chi connectivity index (χ1) is 10.7. The molecule has 2 aliphatic heterocycles. The number of thiocarbonyl (C=S) groups is 1. The Morgan fingerprint density at radius 2 is 2.00 bits per heavy atom. The molecule has 3 heterocycles. The van der Waals surface area contributed by atoms with Gasteiger partial charge >= 0.3 is 0 Å². The number of nitrogens with zero attached hydrogens (tertiary/aromatic N) is 2. The van der Waals surface area contributed by atoms with Crippen molar-refractivity contribution >= 4 is 52.0 Å². The maximum absolute atomic E-state index is 13.1. The zero-order valence-corrected chi connectivity index (χ0v) is 13.8. The molecule has 1 amide bonds. The van der Waals surface area contributed by atoms with E-state index in [1.54, 1.807) is 35.2 Å². The van der Waals surface area contributed by atoms with Gasteiger partial charge in [0.1, 0.15) is 17.2 Å². The van der Waals surface area contributed by atoms with Crippen molar-refractivity contribution in [1.29, 1.82) is 0 Å². The van der Waals surface area contributed by atoms with Crippen LogP contribution >= 0.6 is 35.3 Å². The number of carbonyl (C=O) groups is 1. The second-order valence-electron chi connectivity index (χ2n) is 5.06. The summed E-state index contributed by atoms with van der Waals surface area (Å²) in [5.74, 6) is 0.371. The molecule has 0 spiro atoms. The minimum absolute atomic E-state index is 0.0248. The Balaban J connectivity index is 1.69. The lowest BCUT2D eigenvalue weighted by molar-refractivity contribution is -0.119. The van der Waals surface area contributed by atoms with Crippen molar-refractivity contribution < 1.29 is 9.18 Å². The summed E-state index contributed by atoms with van der Waals surface area (Å²) < 4.78 is 13.1. The van der Waals surface area contributed by atoms with Gasteiger partial charge in [0, 0.05) is 10.6 Å². The lowest BCUT2D eigenvalue weighted by Gasteiger charge is -2.24. The van der Waals surface area contributed by atoms with Gasteiger partial charge in [-0.15, -0.1) is 23.1 Å². The van der Waals surface area contributed by atoms with Crippen LogP contribution in [0.25, 0.3) is 0 Å². The van der Waals surface area contributed by atoms with E-state index in [1.165, 1.54) is 21.9 Å². The third-order valence-corrected chi connectivity index (χ3v) is 6.56. The maximum atomic E-state index is 13.1. The van der Waals surface area contributed by atoms with Crippen LogP contribution in [0.4, 0.5) is 10.1 Å². The number of hydrogen-bond acceptors (Lipinski definition) is 4. The molecule has 0 saturated carbocycles. The molecule has 2 saturated heterocycles. The first-order valence-corrected chi connectivity index (χ1v) is 9.07. The van der Waals surface area contributed by atoms with E-state index in [9.17, 15) is 9.18 Å². The quantitative estimate of drug-likeness (QED) is 0.772. The molecule has 2 aliphatic rings. The summed E-state index contributed by atoms with van der Waals surface area (Å²) in [7, 11) is 0. The Kier molecular flexibility index (Phi) is 3.43. The summed E-state index contributed by atoms with van der Waals surface area (Å²) in [5.41, 5.74) is 0.626.